The summed E-state index contributed by atoms with van der Waals surface area (Å²) in [6.45, 7) is 1.88. The molecule has 12 heteroatoms. The highest BCUT2D eigenvalue weighted by atomic mass is 31.2. The maximum atomic E-state index is 12.6. The van der Waals surface area contributed by atoms with E-state index in [9.17, 15) is 29.3 Å². The van der Waals surface area contributed by atoms with Gasteiger partial charge in [0.1, 0.15) is 12.7 Å². The Morgan fingerprint density at radius 1 is 0.603 bits per heavy atom. The number of allylic oxidation sites excluding steroid dienone is 17. The van der Waals surface area contributed by atoms with Crippen LogP contribution in [0.5, 0.6) is 0 Å². The molecule has 58 heavy (non-hydrogen) atoms. The molecule has 11 nitrogen and oxygen atoms in total. The lowest BCUT2D eigenvalue weighted by atomic mass is 10.1. The molecule has 0 rings (SSSR count). The van der Waals surface area contributed by atoms with E-state index in [1.807, 2.05) is 12.2 Å². The smallest absolute Gasteiger partial charge is 0.462 e. The van der Waals surface area contributed by atoms with E-state index in [2.05, 4.69) is 103 Å². The predicted octanol–water partition coefficient (Wildman–Crippen LogP) is 9.97. The Balaban J connectivity index is 4.66. The zero-order valence-electron chi connectivity index (χ0n) is 35.1. The number of hydrogen-bond donors (Lipinski definition) is 4. The monoisotopic (exact) mass is 832 g/mol. The first-order valence-corrected chi connectivity index (χ1v) is 22.4. The molecule has 0 saturated carbocycles. The van der Waals surface area contributed by atoms with E-state index < -0.39 is 64.5 Å². The number of ether oxygens (including phenoxy) is 2. The normalized spacial score (nSPS) is 15.5. The van der Waals surface area contributed by atoms with Crippen molar-refractivity contribution in [2.75, 3.05) is 26.4 Å². The topological polar surface area (TPSA) is 169 Å². The molecule has 2 unspecified atom stereocenters. The van der Waals surface area contributed by atoms with Gasteiger partial charge in [0.2, 0.25) is 0 Å². The van der Waals surface area contributed by atoms with Crippen molar-refractivity contribution in [2.24, 2.45) is 0 Å². The second-order valence-electron chi connectivity index (χ2n) is 13.5. The molecule has 0 spiro atoms. The number of esters is 2. The van der Waals surface area contributed by atoms with Crippen LogP contribution >= 0.6 is 7.82 Å². The molecule has 0 radical (unpaired) electrons. The van der Waals surface area contributed by atoms with Crippen molar-refractivity contribution in [2.45, 2.75) is 141 Å². The molecule has 0 heterocycles. The van der Waals surface area contributed by atoms with Crippen LogP contribution in [0.4, 0.5) is 0 Å². The van der Waals surface area contributed by atoms with Gasteiger partial charge in [-0.3, -0.25) is 18.6 Å². The van der Waals surface area contributed by atoms with Crippen LogP contribution in [0.15, 0.2) is 109 Å². The van der Waals surface area contributed by atoms with Crippen molar-refractivity contribution in [3.05, 3.63) is 109 Å². The van der Waals surface area contributed by atoms with Crippen molar-refractivity contribution in [3.63, 3.8) is 0 Å². The van der Waals surface area contributed by atoms with E-state index in [0.29, 0.717) is 6.42 Å². The van der Waals surface area contributed by atoms with Crippen molar-refractivity contribution in [3.8, 4) is 0 Å². The molecule has 0 amide bonds. The summed E-state index contributed by atoms with van der Waals surface area (Å²) in [4.78, 5) is 35.0. The van der Waals surface area contributed by atoms with Crippen LogP contribution in [0.25, 0.3) is 0 Å². The average molecular weight is 833 g/mol. The maximum Gasteiger partial charge on any atom is 0.472 e. The highest BCUT2D eigenvalue weighted by molar-refractivity contribution is 7.47. The lowest BCUT2D eigenvalue weighted by molar-refractivity contribution is -0.161. The first kappa shape index (κ1) is 54.6. The molecule has 0 aromatic heterocycles. The second kappa shape index (κ2) is 40.4. The summed E-state index contributed by atoms with van der Waals surface area (Å²) < 4.78 is 32.4. The third-order valence-corrected chi connectivity index (χ3v) is 8.98. The Kier molecular flexibility index (Phi) is 38.0. The summed E-state index contributed by atoms with van der Waals surface area (Å²) in [5.41, 5.74) is 0. The first-order valence-electron chi connectivity index (χ1n) is 21.0. The molecule has 4 atom stereocenters. The lowest BCUT2D eigenvalue weighted by Crippen LogP contribution is -2.30. The number of hydrogen-bond acceptors (Lipinski definition) is 10. The van der Waals surface area contributed by atoms with Crippen molar-refractivity contribution in [1.82, 2.24) is 0 Å². The van der Waals surface area contributed by atoms with Gasteiger partial charge in [0.05, 0.1) is 25.9 Å². The Morgan fingerprint density at radius 2 is 1.12 bits per heavy atom. The van der Waals surface area contributed by atoms with Gasteiger partial charge in [-0.15, -0.1) is 0 Å². The summed E-state index contributed by atoms with van der Waals surface area (Å²) in [6.07, 6.45) is 46.7. The summed E-state index contributed by atoms with van der Waals surface area (Å²) in [6, 6.07) is 0. The van der Waals surface area contributed by atoms with E-state index in [0.717, 1.165) is 64.2 Å². The van der Waals surface area contributed by atoms with Gasteiger partial charge in [0.25, 0.3) is 0 Å². The fourth-order valence-electron chi connectivity index (χ4n) is 4.75. The quantitative estimate of drug-likeness (QED) is 0.0155. The Labute approximate surface area is 348 Å². The Morgan fingerprint density at radius 3 is 1.67 bits per heavy atom. The zero-order chi connectivity index (χ0) is 42.8. The van der Waals surface area contributed by atoms with Crippen molar-refractivity contribution in [1.29, 1.82) is 0 Å². The molecule has 0 aromatic rings. The van der Waals surface area contributed by atoms with Crippen molar-refractivity contribution >= 4 is 19.8 Å². The number of phosphoric ester groups is 1. The van der Waals surface area contributed by atoms with Gasteiger partial charge in [-0.2, -0.15) is 0 Å². The number of phosphoric acid groups is 1. The minimum absolute atomic E-state index is 0.0509. The van der Waals surface area contributed by atoms with Gasteiger partial charge in [0, 0.05) is 12.8 Å². The highest BCUT2D eigenvalue weighted by Gasteiger charge is 2.27. The summed E-state index contributed by atoms with van der Waals surface area (Å²) in [5, 5.41) is 28.6. The molecule has 0 saturated heterocycles. The fraction of sp³-hybridized carbons (Fsp3) is 0.565. The zero-order valence-corrected chi connectivity index (χ0v) is 36.0. The van der Waals surface area contributed by atoms with Gasteiger partial charge in [-0.05, 0) is 83.5 Å². The van der Waals surface area contributed by atoms with E-state index >= 15 is 0 Å². The number of rotatable bonds is 37. The molecular weight excluding hydrogens is 759 g/mol. The number of carbonyl (C=O) groups excluding carboxylic acids is 2. The number of aliphatic hydroxyl groups excluding tert-OH is 3. The van der Waals surface area contributed by atoms with E-state index in [-0.39, 0.29) is 19.3 Å². The largest absolute Gasteiger partial charge is 0.472 e. The van der Waals surface area contributed by atoms with Gasteiger partial charge < -0.3 is 29.7 Å². The molecule has 0 aliphatic heterocycles. The molecule has 0 fully saturated rings. The summed E-state index contributed by atoms with van der Waals surface area (Å²) >= 11 is 0. The van der Waals surface area contributed by atoms with Crippen LogP contribution in [0.2, 0.25) is 0 Å². The summed E-state index contributed by atoms with van der Waals surface area (Å²) in [5.74, 6) is -1.27. The SMILES string of the molecule is CC/C=C\C/C=C\C/C=C\C/C=C\C/C=C\C=C/C(O)CCC(=O)O[C@H](COC(=O)CCCC/C=C\C/C=C\C/C=C\CCCCC)COP(=O)(O)OC[C@@H](O)CO. The molecule has 0 aliphatic carbocycles. The average Bonchev–Trinajstić information content (AvgIpc) is 3.21. The van der Waals surface area contributed by atoms with Crippen LogP contribution in [-0.4, -0.2) is 76.9 Å². The second-order valence-corrected chi connectivity index (χ2v) is 14.9. The van der Waals surface area contributed by atoms with Gasteiger partial charge >= 0.3 is 19.8 Å². The maximum absolute atomic E-state index is 12.6. The molecule has 0 aromatic carbocycles. The van der Waals surface area contributed by atoms with Gasteiger partial charge in [-0.1, -0.05) is 136 Å². The van der Waals surface area contributed by atoms with E-state index in [4.69, 9.17) is 19.1 Å². The third kappa shape index (κ3) is 39.4. The molecule has 0 aliphatic rings. The molecular formula is C46H73O11P. The lowest BCUT2D eigenvalue weighted by Gasteiger charge is -2.20. The summed E-state index contributed by atoms with van der Waals surface area (Å²) in [7, 11) is -4.70. The van der Waals surface area contributed by atoms with Gasteiger partial charge in [0.15, 0.2) is 6.10 Å². The van der Waals surface area contributed by atoms with Crippen LogP contribution in [0.3, 0.4) is 0 Å². The standard InChI is InChI=1S/C46H73O11P/c1-3-5-7-9-11-13-15-17-19-21-22-24-26-28-30-32-34-42(48)36-37-46(51)57-44(41-56-58(52,53)55-39-43(49)38-47)40-54-45(50)35-33-31-29-27-25-23-20-18-16-14-12-10-8-6-4-2/h5,7,11-14,17-20,22,24-25,27-28,30,32,34,42-44,47-49H,3-4,6,8-10,15-16,21,23,26,29,31,33,35-41H2,1-2H3,(H,52,53)/b7-5-,13-11-,14-12-,19-17-,20-18-,24-22-,27-25-,30-28-,34-32-/t42?,43-,44+/m0/s1. The number of unbranched alkanes of at least 4 members (excludes halogenated alkanes) is 5. The minimum atomic E-state index is -4.70. The van der Waals surface area contributed by atoms with Crippen LogP contribution in [-0.2, 0) is 32.7 Å². The first-order chi connectivity index (χ1) is 28.1. The van der Waals surface area contributed by atoms with Gasteiger partial charge in [-0.25, -0.2) is 4.57 Å². The van der Waals surface area contributed by atoms with Crippen molar-refractivity contribution < 1.29 is 52.9 Å². The predicted molar refractivity (Wildman–Crippen MR) is 234 cm³/mol. The minimum Gasteiger partial charge on any atom is -0.462 e. The molecule has 4 N–H and O–H groups in total. The molecule has 0 bridgehead atoms. The van der Waals surface area contributed by atoms with E-state index in [1.165, 1.54) is 19.3 Å². The Bertz CT molecular complexity index is 1340. The van der Waals surface area contributed by atoms with Crippen LogP contribution < -0.4 is 0 Å². The van der Waals surface area contributed by atoms with Crippen LogP contribution in [0.1, 0.15) is 123 Å². The fourth-order valence-corrected chi connectivity index (χ4v) is 5.54. The van der Waals surface area contributed by atoms with E-state index in [1.54, 1.807) is 12.2 Å². The highest BCUT2D eigenvalue weighted by Crippen LogP contribution is 2.43. The van der Waals surface area contributed by atoms with Crippen LogP contribution in [0, 0.1) is 0 Å². The third-order valence-electron chi connectivity index (χ3n) is 8.03. The Hall–Kier alpha value is -3.41. The number of carbonyl (C=O) groups is 2. The molecule has 328 valence electrons. The number of aliphatic hydroxyl groups is 3.